The van der Waals surface area contributed by atoms with Gasteiger partial charge in [-0.2, -0.15) is 13.2 Å². The molecule has 2 atom stereocenters. The molecule has 3 rings (SSSR count). The Balaban J connectivity index is 1.87. The van der Waals surface area contributed by atoms with Crippen LogP contribution in [0.3, 0.4) is 0 Å². The van der Waals surface area contributed by atoms with Crippen LogP contribution < -0.4 is 10.6 Å². The fourth-order valence-corrected chi connectivity index (χ4v) is 3.60. The fourth-order valence-electron chi connectivity index (χ4n) is 3.60. The van der Waals surface area contributed by atoms with E-state index in [1.54, 1.807) is 26.1 Å². The number of benzene rings is 2. The number of hydrogen-bond donors (Lipinski definition) is 2. The van der Waals surface area contributed by atoms with Crippen molar-refractivity contribution in [3.8, 4) is 0 Å². The highest BCUT2D eigenvalue weighted by atomic mass is 19.4. The van der Waals surface area contributed by atoms with Gasteiger partial charge in [0, 0.05) is 19.3 Å². The number of nitrogens with zero attached hydrogens (tertiary/aromatic N) is 1. The third-order valence-corrected chi connectivity index (χ3v) is 5.43. The highest BCUT2D eigenvalue weighted by molar-refractivity contribution is 5.83. The quantitative estimate of drug-likeness (QED) is 0.450. The van der Waals surface area contributed by atoms with Crippen molar-refractivity contribution < 1.29 is 22.4 Å². The maximum Gasteiger partial charge on any atom is 0.433 e. The van der Waals surface area contributed by atoms with Crippen molar-refractivity contribution in [3.05, 3.63) is 101 Å². The Labute approximate surface area is 190 Å². The van der Waals surface area contributed by atoms with Crippen LogP contribution in [-0.2, 0) is 17.4 Å². The molecule has 1 amide bonds. The molecule has 1 heterocycles. The predicted octanol–water partition coefficient (Wildman–Crippen LogP) is 5.30. The summed E-state index contributed by atoms with van der Waals surface area (Å²) in [6.07, 6.45) is -2.42. The van der Waals surface area contributed by atoms with Crippen LogP contribution >= 0.6 is 0 Å². The van der Waals surface area contributed by atoms with Gasteiger partial charge in [-0.3, -0.25) is 15.1 Å². The number of hydrogen-bond acceptors (Lipinski definition) is 3. The summed E-state index contributed by atoms with van der Waals surface area (Å²) >= 11 is 0. The minimum absolute atomic E-state index is 0.235. The van der Waals surface area contributed by atoms with Gasteiger partial charge in [-0.1, -0.05) is 48.5 Å². The Morgan fingerprint density at radius 3 is 2.33 bits per heavy atom. The second-order valence-corrected chi connectivity index (χ2v) is 7.77. The lowest BCUT2D eigenvalue weighted by atomic mass is 9.95. The van der Waals surface area contributed by atoms with Crippen LogP contribution in [0.25, 0.3) is 0 Å². The minimum Gasteiger partial charge on any atom is -0.358 e. The van der Waals surface area contributed by atoms with E-state index in [9.17, 15) is 22.4 Å². The van der Waals surface area contributed by atoms with E-state index in [-0.39, 0.29) is 17.8 Å². The van der Waals surface area contributed by atoms with Gasteiger partial charge in [0.2, 0.25) is 5.91 Å². The van der Waals surface area contributed by atoms with Crippen LogP contribution in [0.4, 0.5) is 17.6 Å². The Kier molecular flexibility index (Phi) is 7.81. The number of likely N-dealkylation sites (N-methyl/N-ethyl adjacent to an activating group) is 1. The Hall–Kier alpha value is -3.26. The van der Waals surface area contributed by atoms with Gasteiger partial charge in [-0.25, -0.2) is 4.39 Å². The molecule has 0 unspecified atom stereocenters. The summed E-state index contributed by atoms with van der Waals surface area (Å²) in [6, 6.07) is 15.2. The standard InChI is InChI=1S/C25H25F4N3O/c1-16-14-19(10-11-20(16)26)21(12-8-17-9-13-22(31-15-17)25(27,28)29)32-23(24(33)30-2)18-6-4-3-5-7-18/h3-7,9-11,13-15,21,23,32H,8,12H2,1-2H3,(H,30,33)/t21-,23+/m1/s1. The second-order valence-electron chi connectivity index (χ2n) is 7.77. The Morgan fingerprint density at radius 1 is 1.03 bits per heavy atom. The normalized spacial score (nSPS) is 13.4. The van der Waals surface area contributed by atoms with Gasteiger partial charge in [0.15, 0.2) is 0 Å². The summed E-state index contributed by atoms with van der Waals surface area (Å²) in [5.74, 6) is -0.573. The number of aryl methyl sites for hydroxylation is 2. The molecule has 0 aliphatic heterocycles. The maximum atomic E-state index is 13.9. The zero-order valence-electron chi connectivity index (χ0n) is 18.3. The molecular weight excluding hydrogens is 434 g/mol. The SMILES string of the molecule is CNC(=O)[C@@H](N[C@H](CCc1ccc(C(F)(F)F)nc1)c1ccc(F)c(C)c1)c1ccccc1. The van der Waals surface area contributed by atoms with Crippen molar-refractivity contribution >= 4 is 5.91 Å². The number of alkyl halides is 3. The summed E-state index contributed by atoms with van der Waals surface area (Å²) in [7, 11) is 1.55. The molecule has 0 aliphatic rings. The van der Waals surface area contributed by atoms with Crippen LogP contribution in [0, 0.1) is 12.7 Å². The van der Waals surface area contributed by atoms with Gasteiger partial charge in [-0.15, -0.1) is 0 Å². The molecule has 2 aromatic carbocycles. The minimum atomic E-state index is -4.50. The highest BCUT2D eigenvalue weighted by Crippen LogP contribution is 2.29. The van der Waals surface area contributed by atoms with Crippen molar-refractivity contribution in [1.82, 2.24) is 15.6 Å². The number of halogens is 4. The monoisotopic (exact) mass is 459 g/mol. The molecule has 0 radical (unpaired) electrons. The number of rotatable bonds is 8. The van der Waals surface area contributed by atoms with Gasteiger partial charge in [0.1, 0.15) is 17.6 Å². The summed E-state index contributed by atoms with van der Waals surface area (Å²) in [6.45, 7) is 1.66. The number of aromatic nitrogens is 1. The average Bonchev–Trinajstić information content (AvgIpc) is 2.81. The second kappa shape index (κ2) is 10.6. The number of carbonyl (C=O) groups is 1. The average molecular weight is 459 g/mol. The first-order valence-corrected chi connectivity index (χ1v) is 10.5. The lowest BCUT2D eigenvalue weighted by molar-refractivity contribution is -0.141. The molecule has 174 valence electrons. The summed E-state index contributed by atoms with van der Waals surface area (Å²) in [5.41, 5.74) is 1.69. The zero-order chi connectivity index (χ0) is 24.0. The van der Waals surface area contributed by atoms with E-state index in [4.69, 9.17) is 0 Å². The number of nitrogens with one attached hydrogen (secondary N) is 2. The maximum absolute atomic E-state index is 13.9. The van der Waals surface area contributed by atoms with Gasteiger partial charge in [0.25, 0.3) is 0 Å². The molecular formula is C25H25F4N3O. The van der Waals surface area contributed by atoms with Crippen LogP contribution in [0.15, 0.2) is 66.9 Å². The molecule has 4 nitrogen and oxygen atoms in total. The van der Waals surface area contributed by atoms with Crippen molar-refractivity contribution in [2.45, 2.75) is 38.0 Å². The lowest BCUT2D eigenvalue weighted by Crippen LogP contribution is -2.38. The molecule has 2 N–H and O–H groups in total. The van der Waals surface area contributed by atoms with Gasteiger partial charge in [0.05, 0.1) is 0 Å². The molecule has 0 fully saturated rings. The van der Waals surface area contributed by atoms with Crippen molar-refractivity contribution in [1.29, 1.82) is 0 Å². The topological polar surface area (TPSA) is 54.0 Å². The van der Waals surface area contributed by atoms with Crippen LogP contribution in [0.5, 0.6) is 0 Å². The molecule has 0 saturated heterocycles. The number of pyridine rings is 1. The Morgan fingerprint density at radius 2 is 1.76 bits per heavy atom. The van der Waals surface area contributed by atoms with E-state index in [0.717, 1.165) is 17.2 Å². The van der Waals surface area contributed by atoms with E-state index in [2.05, 4.69) is 15.6 Å². The molecule has 0 bridgehead atoms. The molecule has 8 heteroatoms. The summed E-state index contributed by atoms with van der Waals surface area (Å²) < 4.78 is 52.3. The first-order valence-electron chi connectivity index (χ1n) is 10.5. The van der Waals surface area contributed by atoms with Crippen LogP contribution in [0.2, 0.25) is 0 Å². The van der Waals surface area contributed by atoms with Crippen molar-refractivity contribution in [2.75, 3.05) is 7.05 Å². The number of amides is 1. The fraction of sp³-hybridized carbons (Fsp3) is 0.280. The van der Waals surface area contributed by atoms with Crippen molar-refractivity contribution in [3.63, 3.8) is 0 Å². The molecule has 33 heavy (non-hydrogen) atoms. The highest BCUT2D eigenvalue weighted by Gasteiger charge is 2.32. The van der Waals surface area contributed by atoms with Gasteiger partial charge in [-0.05, 0) is 54.2 Å². The molecule has 0 saturated carbocycles. The summed E-state index contributed by atoms with van der Waals surface area (Å²) in [4.78, 5) is 16.2. The zero-order valence-corrected chi connectivity index (χ0v) is 18.3. The van der Waals surface area contributed by atoms with E-state index >= 15 is 0 Å². The van der Waals surface area contributed by atoms with Crippen molar-refractivity contribution in [2.24, 2.45) is 0 Å². The third kappa shape index (κ3) is 6.38. The van der Waals surface area contributed by atoms with E-state index in [1.807, 2.05) is 30.3 Å². The largest absolute Gasteiger partial charge is 0.433 e. The molecule has 3 aromatic rings. The third-order valence-electron chi connectivity index (χ3n) is 5.43. The van der Waals surface area contributed by atoms with E-state index < -0.39 is 17.9 Å². The lowest BCUT2D eigenvalue weighted by Gasteiger charge is -2.26. The summed E-state index contributed by atoms with van der Waals surface area (Å²) in [5, 5.41) is 6.01. The number of carbonyl (C=O) groups excluding carboxylic acids is 1. The predicted molar refractivity (Wildman–Crippen MR) is 118 cm³/mol. The van der Waals surface area contributed by atoms with E-state index in [1.165, 1.54) is 18.3 Å². The van der Waals surface area contributed by atoms with E-state index in [0.29, 0.717) is 24.0 Å². The molecule has 0 spiro atoms. The molecule has 0 aliphatic carbocycles. The smallest absolute Gasteiger partial charge is 0.358 e. The first-order chi connectivity index (χ1) is 15.7. The van der Waals surface area contributed by atoms with Crippen LogP contribution in [0.1, 0.15) is 46.5 Å². The molecule has 1 aromatic heterocycles. The van der Waals surface area contributed by atoms with Gasteiger partial charge < -0.3 is 5.32 Å². The van der Waals surface area contributed by atoms with Gasteiger partial charge >= 0.3 is 6.18 Å². The Bertz CT molecular complexity index is 1070. The first kappa shape index (κ1) is 24.4. The van der Waals surface area contributed by atoms with Crippen LogP contribution in [-0.4, -0.2) is 17.9 Å².